The molecule has 2 fully saturated rings. The van der Waals surface area contributed by atoms with Crippen molar-refractivity contribution in [2.75, 3.05) is 6.54 Å². The van der Waals surface area contributed by atoms with E-state index in [4.69, 9.17) is 0 Å². The molecule has 8 heteroatoms. The van der Waals surface area contributed by atoms with Crippen LogP contribution in [0.5, 0.6) is 0 Å². The van der Waals surface area contributed by atoms with Gasteiger partial charge in [0.1, 0.15) is 17.3 Å². The summed E-state index contributed by atoms with van der Waals surface area (Å²) in [4.78, 5) is 30.2. The molecule has 0 atom stereocenters. The average Bonchev–Trinajstić information content (AvgIpc) is 3.50. The van der Waals surface area contributed by atoms with Crippen LogP contribution >= 0.6 is 0 Å². The Bertz CT molecular complexity index is 1370. The molecule has 2 aromatic heterocycles. The topological polar surface area (TPSA) is 84.2 Å². The van der Waals surface area contributed by atoms with Gasteiger partial charge in [-0.15, -0.1) is 0 Å². The van der Waals surface area contributed by atoms with Gasteiger partial charge in [0.2, 0.25) is 0 Å². The van der Waals surface area contributed by atoms with Gasteiger partial charge in [0.05, 0.1) is 12.0 Å². The number of carbonyl (C=O) groups is 2. The van der Waals surface area contributed by atoms with E-state index >= 15 is 0 Å². The maximum Gasteiger partial charge on any atom is 0.309 e. The van der Waals surface area contributed by atoms with Crippen molar-refractivity contribution in [2.45, 2.75) is 58.0 Å². The maximum atomic E-state index is 14.5. The van der Waals surface area contributed by atoms with Crippen molar-refractivity contribution in [3.63, 3.8) is 0 Å². The SMILES string of the molecule is O=C(CC12CCC(C(=O)O)(CC1)C2)c1ccnc2c1c1c(n2Cc2ccc(F)cc2F)CNCC1. The summed E-state index contributed by atoms with van der Waals surface area (Å²) in [7, 11) is 0. The molecule has 6 rings (SSSR count). The molecule has 3 heterocycles. The van der Waals surface area contributed by atoms with E-state index in [0.29, 0.717) is 49.0 Å². The first kappa shape index (κ1) is 22.3. The lowest BCUT2D eigenvalue weighted by atomic mass is 9.78. The summed E-state index contributed by atoms with van der Waals surface area (Å²) >= 11 is 0. The third-order valence-electron chi connectivity index (χ3n) is 8.62. The lowest BCUT2D eigenvalue weighted by Crippen LogP contribution is -2.25. The molecule has 2 N–H and O–H groups in total. The molecule has 0 unspecified atom stereocenters. The van der Waals surface area contributed by atoms with Crippen LogP contribution in [0.3, 0.4) is 0 Å². The second kappa shape index (κ2) is 7.95. The number of ketones is 1. The van der Waals surface area contributed by atoms with Gasteiger partial charge in [-0.25, -0.2) is 13.8 Å². The van der Waals surface area contributed by atoms with Gasteiger partial charge in [0, 0.05) is 47.4 Å². The normalized spacial score (nSPS) is 25.2. The first-order valence-electron chi connectivity index (χ1n) is 12.2. The number of halogens is 2. The number of carbonyl (C=O) groups excluding carboxylic acids is 1. The van der Waals surface area contributed by atoms with Crippen molar-refractivity contribution in [2.24, 2.45) is 10.8 Å². The van der Waals surface area contributed by atoms with Gasteiger partial charge in [0.25, 0.3) is 0 Å². The maximum absolute atomic E-state index is 14.5. The number of pyridine rings is 1. The Labute approximate surface area is 201 Å². The number of carboxylic acid groups (broad SMARTS) is 1. The van der Waals surface area contributed by atoms with Crippen LogP contribution in [0.15, 0.2) is 30.5 Å². The number of benzene rings is 1. The monoisotopic (exact) mass is 479 g/mol. The zero-order valence-electron chi connectivity index (χ0n) is 19.4. The Morgan fingerprint density at radius 1 is 1.14 bits per heavy atom. The smallest absolute Gasteiger partial charge is 0.309 e. The van der Waals surface area contributed by atoms with Gasteiger partial charge in [-0.3, -0.25) is 9.59 Å². The minimum Gasteiger partial charge on any atom is -0.481 e. The molecule has 0 spiro atoms. The molecule has 0 saturated heterocycles. The number of aromatic nitrogens is 2. The first-order valence-corrected chi connectivity index (χ1v) is 12.2. The third-order valence-corrected chi connectivity index (χ3v) is 8.62. The van der Waals surface area contributed by atoms with E-state index in [2.05, 4.69) is 10.3 Å². The molecule has 1 aliphatic heterocycles. The quantitative estimate of drug-likeness (QED) is 0.504. The van der Waals surface area contributed by atoms with Crippen LogP contribution in [0.25, 0.3) is 11.0 Å². The summed E-state index contributed by atoms with van der Waals surface area (Å²) in [6, 6.07) is 5.34. The van der Waals surface area contributed by atoms with Crippen LogP contribution in [0.4, 0.5) is 8.78 Å². The number of nitrogens with one attached hydrogen (secondary N) is 1. The molecule has 2 aliphatic carbocycles. The fraction of sp³-hybridized carbons (Fsp3) is 0.444. The largest absolute Gasteiger partial charge is 0.481 e. The number of rotatable bonds is 6. The lowest BCUT2D eigenvalue weighted by Gasteiger charge is -2.26. The number of fused-ring (bicyclic) bond motifs is 5. The predicted molar refractivity (Wildman–Crippen MR) is 125 cm³/mol. The average molecular weight is 480 g/mol. The Balaban J connectivity index is 1.40. The Morgan fingerprint density at radius 3 is 2.66 bits per heavy atom. The van der Waals surface area contributed by atoms with Crippen molar-refractivity contribution < 1.29 is 23.5 Å². The predicted octanol–water partition coefficient (Wildman–Crippen LogP) is 4.62. The minimum atomic E-state index is -0.734. The van der Waals surface area contributed by atoms with Crippen LogP contribution in [-0.4, -0.2) is 33.0 Å². The van der Waals surface area contributed by atoms with Gasteiger partial charge < -0.3 is 15.0 Å². The van der Waals surface area contributed by atoms with Crippen LogP contribution in [-0.2, 0) is 24.3 Å². The minimum absolute atomic E-state index is 0.0203. The highest BCUT2D eigenvalue weighted by Crippen LogP contribution is 2.63. The van der Waals surface area contributed by atoms with Gasteiger partial charge in [0.15, 0.2) is 5.78 Å². The summed E-state index contributed by atoms with van der Waals surface area (Å²) in [5, 5.41) is 13.9. The summed E-state index contributed by atoms with van der Waals surface area (Å²) in [5.74, 6) is -1.95. The van der Waals surface area contributed by atoms with E-state index in [0.717, 1.165) is 48.5 Å². The third kappa shape index (κ3) is 3.49. The number of hydrogen-bond acceptors (Lipinski definition) is 4. The molecule has 0 amide bonds. The van der Waals surface area contributed by atoms with Gasteiger partial charge in [-0.1, -0.05) is 6.07 Å². The second-order valence-electron chi connectivity index (χ2n) is 10.6. The highest BCUT2D eigenvalue weighted by Gasteiger charge is 2.58. The van der Waals surface area contributed by atoms with Crippen molar-refractivity contribution in [1.82, 2.24) is 14.9 Å². The summed E-state index contributed by atoms with van der Waals surface area (Å²) in [6.07, 6.45) is 6.08. The highest BCUT2D eigenvalue weighted by atomic mass is 19.1. The Hall–Kier alpha value is -3.13. The van der Waals surface area contributed by atoms with Crippen molar-refractivity contribution in [3.05, 3.63) is 64.5 Å². The zero-order chi connectivity index (χ0) is 24.4. The molecular formula is C27H27F2N3O3. The lowest BCUT2D eigenvalue weighted by molar-refractivity contribution is -0.148. The Kier molecular flexibility index (Phi) is 5.07. The number of hydrogen-bond donors (Lipinski definition) is 2. The molecule has 35 heavy (non-hydrogen) atoms. The summed E-state index contributed by atoms with van der Waals surface area (Å²) in [5.41, 5.74) is 2.70. The summed E-state index contributed by atoms with van der Waals surface area (Å²) < 4.78 is 29.9. The Morgan fingerprint density at radius 2 is 1.94 bits per heavy atom. The zero-order valence-corrected chi connectivity index (χ0v) is 19.4. The van der Waals surface area contributed by atoms with E-state index in [-0.39, 0.29) is 17.7 Å². The van der Waals surface area contributed by atoms with Crippen LogP contribution in [0.1, 0.15) is 65.7 Å². The van der Waals surface area contributed by atoms with E-state index in [1.54, 1.807) is 12.3 Å². The van der Waals surface area contributed by atoms with Gasteiger partial charge in [-0.2, -0.15) is 0 Å². The van der Waals surface area contributed by atoms with Gasteiger partial charge in [-0.05, 0) is 68.2 Å². The molecular weight excluding hydrogens is 452 g/mol. The molecule has 182 valence electrons. The van der Waals surface area contributed by atoms with Crippen LogP contribution in [0, 0.1) is 22.5 Å². The van der Waals surface area contributed by atoms with Crippen LogP contribution in [0.2, 0.25) is 0 Å². The fourth-order valence-corrected chi connectivity index (χ4v) is 6.80. The second-order valence-corrected chi connectivity index (χ2v) is 10.6. The molecule has 0 radical (unpaired) electrons. The van der Waals surface area contributed by atoms with E-state index in [1.807, 2.05) is 4.57 Å². The molecule has 1 aromatic carbocycles. The van der Waals surface area contributed by atoms with E-state index in [1.165, 1.54) is 12.1 Å². The van der Waals surface area contributed by atoms with Crippen LogP contribution < -0.4 is 5.32 Å². The molecule has 2 saturated carbocycles. The molecule has 6 nitrogen and oxygen atoms in total. The number of aliphatic carboxylic acids is 1. The highest BCUT2D eigenvalue weighted by molar-refractivity contribution is 6.08. The first-order chi connectivity index (χ1) is 16.8. The number of nitrogens with zero attached hydrogens (tertiary/aromatic N) is 2. The van der Waals surface area contributed by atoms with Crippen molar-refractivity contribution in [1.29, 1.82) is 0 Å². The molecule has 2 bridgehead atoms. The van der Waals surface area contributed by atoms with Crippen molar-refractivity contribution >= 4 is 22.8 Å². The fourth-order valence-electron chi connectivity index (χ4n) is 6.80. The number of Topliss-reactive ketones (excluding diaryl/α,β-unsaturated/α-hetero) is 1. The molecule has 3 aliphatic rings. The standard InChI is InChI=1S/C27H27F2N3O3/c28-17-2-1-16(20(29)11-17)14-32-21-13-30-9-3-18(21)23-19(4-10-31-24(23)32)22(33)12-26-5-7-27(15-26,8-6-26)25(34)35/h1-2,4,10-11,30H,3,5-9,12-15H2,(H,34,35). The molecule has 3 aromatic rings. The van der Waals surface area contributed by atoms with Gasteiger partial charge >= 0.3 is 5.97 Å². The van der Waals surface area contributed by atoms with E-state index < -0.39 is 23.0 Å². The number of carboxylic acids is 1. The van der Waals surface area contributed by atoms with E-state index in [9.17, 15) is 23.5 Å². The summed E-state index contributed by atoms with van der Waals surface area (Å²) in [6.45, 7) is 1.53. The van der Waals surface area contributed by atoms with Crippen molar-refractivity contribution in [3.8, 4) is 0 Å².